The van der Waals surface area contributed by atoms with E-state index < -0.39 is 21.7 Å². The standard InChI is InChI=1S/C14H25NO5S/c1-21(19,20)10-6-9-13(16)15-12-8-5-3-2-4-7-11(12)14(17)18/h11-12H,2-10H2,1H3,(H,15,16)(H,17,18). The number of sulfone groups is 1. The van der Waals surface area contributed by atoms with Gasteiger partial charge in [-0.3, -0.25) is 9.59 Å². The van der Waals surface area contributed by atoms with Gasteiger partial charge in [0.05, 0.1) is 11.7 Å². The van der Waals surface area contributed by atoms with Gasteiger partial charge in [0.1, 0.15) is 9.84 Å². The minimum atomic E-state index is -3.06. The Bertz CT molecular complexity index is 460. The monoisotopic (exact) mass is 319 g/mol. The van der Waals surface area contributed by atoms with Crippen LogP contribution >= 0.6 is 0 Å². The van der Waals surface area contributed by atoms with Gasteiger partial charge < -0.3 is 10.4 Å². The Balaban J connectivity index is 2.50. The molecule has 0 aromatic carbocycles. The minimum Gasteiger partial charge on any atom is -0.481 e. The van der Waals surface area contributed by atoms with Crippen molar-refractivity contribution in [3.63, 3.8) is 0 Å². The van der Waals surface area contributed by atoms with Crippen molar-refractivity contribution < 1.29 is 23.1 Å². The van der Waals surface area contributed by atoms with E-state index in [0.717, 1.165) is 31.9 Å². The fraction of sp³-hybridized carbons (Fsp3) is 0.857. The Hall–Kier alpha value is -1.11. The van der Waals surface area contributed by atoms with Crippen LogP contribution in [0, 0.1) is 5.92 Å². The van der Waals surface area contributed by atoms with Gasteiger partial charge in [0, 0.05) is 18.7 Å². The van der Waals surface area contributed by atoms with E-state index in [1.807, 2.05) is 0 Å². The summed E-state index contributed by atoms with van der Waals surface area (Å²) in [5.41, 5.74) is 0. The molecule has 0 aromatic heterocycles. The van der Waals surface area contributed by atoms with E-state index in [9.17, 15) is 23.1 Å². The van der Waals surface area contributed by atoms with Crippen LogP contribution in [0.15, 0.2) is 0 Å². The first kappa shape index (κ1) is 17.9. The molecule has 0 aromatic rings. The van der Waals surface area contributed by atoms with Gasteiger partial charge in [0.25, 0.3) is 0 Å². The first-order valence-electron chi connectivity index (χ1n) is 7.49. The van der Waals surface area contributed by atoms with E-state index in [1.165, 1.54) is 0 Å². The molecule has 1 fully saturated rings. The van der Waals surface area contributed by atoms with Crippen LogP contribution in [0.2, 0.25) is 0 Å². The molecule has 2 unspecified atom stereocenters. The number of nitrogens with one attached hydrogen (secondary N) is 1. The molecule has 7 heteroatoms. The number of aliphatic carboxylic acids is 1. The smallest absolute Gasteiger partial charge is 0.308 e. The zero-order chi connectivity index (χ0) is 15.9. The van der Waals surface area contributed by atoms with Crippen molar-refractivity contribution in [2.45, 2.75) is 57.4 Å². The molecule has 0 radical (unpaired) electrons. The van der Waals surface area contributed by atoms with Crippen molar-refractivity contribution in [3.8, 4) is 0 Å². The second-order valence-corrected chi connectivity index (χ2v) is 8.10. The van der Waals surface area contributed by atoms with Crippen LogP contribution < -0.4 is 5.32 Å². The molecule has 6 nitrogen and oxygen atoms in total. The molecule has 0 spiro atoms. The average Bonchev–Trinajstić information content (AvgIpc) is 2.30. The highest BCUT2D eigenvalue weighted by Crippen LogP contribution is 2.23. The third kappa shape index (κ3) is 7.45. The maximum atomic E-state index is 11.9. The van der Waals surface area contributed by atoms with Crippen LogP contribution in [-0.4, -0.2) is 43.5 Å². The number of rotatable bonds is 6. The molecule has 0 bridgehead atoms. The summed E-state index contributed by atoms with van der Waals surface area (Å²) in [7, 11) is -3.06. The molecule has 1 rings (SSSR count). The molecule has 0 heterocycles. The van der Waals surface area contributed by atoms with Gasteiger partial charge >= 0.3 is 5.97 Å². The second-order valence-electron chi connectivity index (χ2n) is 5.84. The van der Waals surface area contributed by atoms with Gasteiger partial charge in [0.15, 0.2) is 0 Å². The van der Waals surface area contributed by atoms with Crippen molar-refractivity contribution in [2.24, 2.45) is 5.92 Å². The first-order valence-corrected chi connectivity index (χ1v) is 9.55. The summed E-state index contributed by atoms with van der Waals surface area (Å²) in [5, 5.41) is 12.1. The molecular formula is C14H25NO5S. The summed E-state index contributed by atoms with van der Waals surface area (Å²) in [6, 6.07) is -0.339. The summed E-state index contributed by atoms with van der Waals surface area (Å²) in [6.45, 7) is 0. The van der Waals surface area contributed by atoms with Gasteiger partial charge in [-0.25, -0.2) is 8.42 Å². The Labute approximate surface area is 126 Å². The lowest BCUT2D eigenvalue weighted by Gasteiger charge is -2.27. The summed E-state index contributed by atoms with van der Waals surface area (Å²) < 4.78 is 22.0. The average molecular weight is 319 g/mol. The van der Waals surface area contributed by atoms with Crippen LogP contribution in [0.25, 0.3) is 0 Å². The van der Waals surface area contributed by atoms with E-state index in [-0.39, 0.29) is 30.5 Å². The number of carboxylic acids is 1. The molecule has 0 saturated heterocycles. The highest BCUT2D eigenvalue weighted by Gasteiger charge is 2.29. The molecule has 1 aliphatic rings. The largest absolute Gasteiger partial charge is 0.481 e. The van der Waals surface area contributed by atoms with Crippen molar-refractivity contribution in [1.29, 1.82) is 0 Å². The SMILES string of the molecule is CS(=O)(=O)CCCC(=O)NC1CCCCCCC1C(=O)O. The van der Waals surface area contributed by atoms with Crippen LogP contribution in [-0.2, 0) is 19.4 Å². The number of carboxylic acid groups (broad SMARTS) is 1. The van der Waals surface area contributed by atoms with E-state index in [1.54, 1.807) is 0 Å². The van der Waals surface area contributed by atoms with Crippen LogP contribution in [0.5, 0.6) is 0 Å². The van der Waals surface area contributed by atoms with Crippen molar-refractivity contribution >= 4 is 21.7 Å². The van der Waals surface area contributed by atoms with Crippen molar-refractivity contribution in [1.82, 2.24) is 5.32 Å². The summed E-state index contributed by atoms with van der Waals surface area (Å²) in [4.78, 5) is 23.2. The number of carbonyl (C=O) groups is 2. The number of carbonyl (C=O) groups excluding carboxylic acids is 1. The molecule has 122 valence electrons. The summed E-state index contributed by atoms with van der Waals surface area (Å²) in [5.74, 6) is -1.68. The van der Waals surface area contributed by atoms with E-state index >= 15 is 0 Å². The van der Waals surface area contributed by atoms with Gasteiger partial charge in [-0.2, -0.15) is 0 Å². The zero-order valence-corrected chi connectivity index (χ0v) is 13.3. The molecular weight excluding hydrogens is 294 g/mol. The fourth-order valence-corrected chi connectivity index (χ4v) is 3.40. The fourth-order valence-electron chi connectivity index (χ4n) is 2.73. The maximum absolute atomic E-state index is 11.9. The Kier molecular flexibility index (Phi) is 7.14. The van der Waals surface area contributed by atoms with Gasteiger partial charge in [-0.1, -0.05) is 25.7 Å². The second kappa shape index (κ2) is 8.36. The van der Waals surface area contributed by atoms with Crippen molar-refractivity contribution in [2.75, 3.05) is 12.0 Å². The zero-order valence-electron chi connectivity index (χ0n) is 12.5. The lowest BCUT2D eigenvalue weighted by molar-refractivity contribution is -0.143. The van der Waals surface area contributed by atoms with E-state index in [0.29, 0.717) is 12.8 Å². The van der Waals surface area contributed by atoms with Gasteiger partial charge in [-0.15, -0.1) is 0 Å². The van der Waals surface area contributed by atoms with Gasteiger partial charge in [-0.05, 0) is 19.3 Å². The first-order chi connectivity index (χ1) is 9.79. The molecule has 1 amide bonds. The Morgan fingerprint density at radius 1 is 1.14 bits per heavy atom. The number of hydrogen-bond acceptors (Lipinski definition) is 4. The van der Waals surface area contributed by atoms with Crippen LogP contribution in [0.4, 0.5) is 0 Å². The quantitative estimate of drug-likeness (QED) is 0.769. The maximum Gasteiger partial charge on any atom is 0.308 e. The molecule has 1 saturated carbocycles. The third-order valence-electron chi connectivity index (χ3n) is 3.85. The van der Waals surface area contributed by atoms with Crippen molar-refractivity contribution in [3.05, 3.63) is 0 Å². The summed E-state index contributed by atoms with van der Waals surface area (Å²) in [6.07, 6.45) is 6.69. The Morgan fingerprint density at radius 3 is 2.33 bits per heavy atom. The lowest BCUT2D eigenvalue weighted by Crippen LogP contribution is -2.43. The van der Waals surface area contributed by atoms with Gasteiger partial charge in [0.2, 0.25) is 5.91 Å². The highest BCUT2D eigenvalue weighted by molar-refractivity contribution is 7.90. The summed E-state index contributed by atoms with van der Waals surface area (Å²) >= 11 is 0. The minimum absolute atomic E-state index is 0.0204. The molecule has 0 aliphatic heterocycles. The van der Waals surface area contributed by atoms with Crippen LogP contribution in [0.3, 0.4) is 0 Å². The highest BCUT2D eigenvalue weighted by atomic mass is 32.2. The Morgan fingerprint density at radius 2 is 1.76 bits per heavy atom. The molecule has 1 aliphatic carbocycles. The number of hydrogen-bond donors (Lipinski definition) is 2. The van der Waals surface area contributed by atoms with E-state index in [2.05, 4.69) is 5.32 Å². The predicted octanol–water partition coefficient (Wildman–Crippen LogP) is 1.35. The predicted molar refractivity (Wildman–Crippen MR) is 79.7 cm³/mol. The lowest BCUT2D eigenvalue weighted by atomic mass is 9.86. The normalized spacial score (nSPS) is 23.9. The molecule has 21 heavy (non-hydrogen) atoms. The van der Waals surface area contributed by atoms with E-state index in [4.69, 9.17) is 0 Å². The number of amides is 1. The topological polar surface area (TPSA) is 101 Å². The third-order valence-corrected chi connectivity index (χ3v) is 4.88. The molecule has 2 N–H and O–H groups in total. The van der Waals surface area contributed by atoms with Crippen LogP contribution in [0.1, 0.15) is 51.4 Å². The molecule has 2 atom stereocenters.